The van der Waals surface area contributed by atoms with Crippen molar-refractivity contribution >= 4 is 28.6 Å². The Bertz CT molecular complexity index is 967. The summed E-state index contributed by atoms with van der Waals surface area (Å²) in [6.07, 6.45) is 6.34. The largest absolute Gasteiger partial charge is 0.494 e. The molecule has 0 N–H and O–H groups in total. The molecule has 3 nitrogen and oxygen atoms in total. The number of nitrogens with zero attached hydrogens (tertiary/aromatic N) is 2. The van der Waals surface area contributed by atoms with E-state index < -0.39 is 0 Å². The predicted molar refractivity (Wildman–Crippen MR) is 118 cm³/mol. The third kappa shape index (κ3) is 4.34. The van der Waals surface area contributed by atoms with Crippen LogP contribution in [-0.4, -0.2) is 11.2 Å². The highest BCUT2D eigenvalue weighted by molar-refractivity contribution is 7.07. The van der Waals surface area contributed by atoms with Crippen LogP contribution in [-0.2, 0) is 0 Å². The molecular formula is C23H25ClN2OS. The lowest BCUT2D eigenvalue weighted by Crippen LogP contribution is -2.23. The summed E-state index contributed by atoms with van der Waals surface area (Å²) in [7, 11) is 0. The number of benzene rings is 2. The Balaban J connectivity index is 1.76. The van der Waals surface area contributed by atoms with E-state index in [9.17, 15) is 0 Å². The van der Waals surface area contributed by atoms with Crippen molar-refractivity contribution < 1.29 is 4.74 Å². The number of halogens is 1. The van der Waals surface area contributed by atoms with E-state index in [1.54, 1.807) is 11.3 Å². The van der Waals surface area contributed by atoms with E-state index in [1.165, 1.54) is 43.4 Å². The minimum atomic E-state index is 0.507. The Morgan fingerprint density at radius 2 is 1.75 bits per heavy atom. The molecule has 3 aromatic rings. The molecule has 28 heavy (non-hydrogen) atoms. The molecule has 1 heterocycles. The molecule has 0 unspecified atom stereocenters. The van der Waals surface area contributed by atoms with Crippen LogP contribution in [0.4, 0.5) is 5.69 Å². The average molecular weight is 413 g/mol. The van der Waals surface area contributed by atoms with E-state index in [-0.39, 0.29) is 0 Å². The van der Waals surface area contributed by atoms with Crippen molar-refractivity contribution in [3.8, 4) is 17.0 Å². The SMILES string of the molecule is CCOc1ccc(N=c2scc(-c3ccc(Cl)cc3)n2C2CCCCC2)cc1. The molecule has 2 aromatic carbocycles. The van der Waals surface area contributed by atoms with Crippen LogP contribution in [0, 0.1) is 0 Å². The molecule has 0 spiro atoms. The highest BCUT2D eigenvalue weighted by atomic mass is 35.5. The summed E-state index contributed by atoms with van der Waals surface area (Å²) in [4.78, 5) is 6.04. The van der Waals surface area contributed by atoms with Gasteiger partial charge in [0.15, 0.2) is 4.80 Å². The summed E-state index contributed by atoms with van der Waals surface area (Å²) < 4.78 is 7.99. The maximum Gasteiger partial charge on any atom is 0.190 e. The van der Waals surface area contributed by atoms with Gasteiger partial charge in [0.25, 0.3) is 0 Å². The fraction of sp³-hybridized carbons (Fsp3) is 0.348. The van der Waals surface area contributed by atoms with Crippen molar-refractivity contribution in [1.82, 2.24) is 4.57 Å². The molecule has 0 saturated heterocycles. The first-order chi connectivity index (χ1) is 13.7. The van der Waals surface area contributed by atoms with Crippen molar-refractivity contribution in [1.29, 1.82) is 0 Å². The maximum absolute atomic E-state index is 6.10. The van der Waals surface area contributed by atoms with Gasteiger partial charge in [0.2, 0.25) is 0 Å². The summed E-state index contributed by atoms with van der Waals surface area (Å²) >= 11 is 7.81. The van der Waals surface area contributed by atoms with Crippen molar-refractivity contribution in [3.63, 3.8) is 0 Å². The van der Waals surface area contributed by atoms with Crippen LogP contribution in [0.3, 0.4) is 0 Å². The van der Waals surface area contributed by atoms with Gasteiger partial charge in [0, 0.05) is 16.4 Å². The molecule has 0 radical (unpaired) electrons. The van der Waals surface area contributed by atoms with Gasteiger partial charge in [0.1, 0.15) is 5.75 Å². The van der Waals surface area contributed by atoms with Crippen molar-refractivity contribution in [2.24, 2.45) is 4.99 Å². The molecule has 5 heteroatoms. The number of ether oxygens (including phenoxy) is 1. The Hall–Kier alpha value is -2.04. The summed E-state index contributed by atoms with van der Waals surface area (Å²) in [5.41, 5.74) is 3.38. The topological polar surface area (TPSA) is 26.5 Å². The maximum atomic E-state index is 6.10. The number of thiazole rings is 1. The van der Waals surface area contributed by atoms with Crippen molar-refractivity contribution in [2.75, 3.05) is 6.61 Å². The van der Waals surface area contributed by atoms with Crippen LogP contribution < -0.4 is 9.54 Å². The van der Waals surface area contributed by atoms with Gasteiger partial charge in [0.05, 0.1) is 18.0 Å². The molecule has 1 fully saturated rings. The molecule has 146 valence electrons. The molecule has 1 aliphatic carbocycles. The van der Waals surface area contributed by atoms with Gasteiger partial charge in [-0.15, -0.1) is 11.3 Å². The molecule has 1 aliphatic rings. The van der Waals surface area contributed by atoms with Crippen LogP contribution in [0.25, 0.3) is 11.3 Å². The summed E-state index contributed by atoms with van der Waals surface area (Å²) in [6, 6.07) is 16.7. The van der Waals surface area contributed by atoms with Gasteiger partial charge in [-0.1, -0.05) is 43.0 Å². The highest BCUT2D eigenvalue weighted by Gasteiger charge is 2.20. The molecule has 0 amide bonds. The van der Waals surface area contributed by atoms with E-state index in [0.717, 1.165) is 21.3 Å². The Morgan fingerprint density at radius 3 is 2.43 bits per heavy atom. The number of hydrogen-bond donors (Lipinski definition) is 0. The number of aromatic nitrogens is 1. The lowest BCUT2D eigenvalue weighted by Gasteiger charge is -2.25. The quantitative estimate of drug-likeness (QED) is 0.442. The molecule has 0 bridgehead atoms. The lowest BCUT2D eigenvalue weighted by molar-refractivity contribution is 0.340. The van der Waals surface area contributed by atoms with E-state index in [0.29, 0.717) is 12.6 Å². The lowest BCUT2D eigenvalue weighted by atomic mass is 9.95. The predicted octanol–water partition coefficient (Wildman–Crippen LogP) is 7.01. The molecule has 1 aromatic heterocycles. The van der Waals surface area contributed by atoms with Crippen molar-refractivity contribution in [3.05, 3.63) is 63.7 Å². The molecule has 0 aliphatic heterocycles. The fourth-order valence-corrected chi connectivity index (χ4v) is 4.93. The molecular weight excluding hydrogens is 388 g/mol. The monoisotopic (exact) mass is 412 g/mol. The van der Waals surface area contributed by atoms with Crippen LogP contribution >= 0.6 is 22.9 Å². The minimum absolute atomic E-state index is 0.507. The second-order valence-corrected chi connectivity index (χ2v) is 8.38. The smallest absolute Gasteiger partial charge is 0.190 e. The first kappa shape index (κ1) is 19.3. The van der Waals surface area contributed by atoms with E-state index in [2.05, 4.69) is 22.1 Å². The van der Waals surface area contributed by atoms with Crippen LogP contribution in [0.5, 0.6) is 5.75 Å². The Morgan fingerprint density at radius 1 is 1.04 bits per heavy atom. The average Bonchev–Trinajstić information content (AvgIpc) is 3.14. The van der Waals surface area contributed by atoms with Crippen LogP contribution in [0.15, 0.2) is 58.9 Å². The zero-order valence-corrected chi connectivity index (χ0v) is 17.7. The molecule has 0 atom stereocenters. The second-order valence-electron chi connectivity index (χ2n) is 7.11. The standard InChI is InChI=1S/C23H25ClN2OS/c1-2-27-21-14-12-19(13-15-21)25-23-26(20-6-4-3-5-7-20)22(16-28-23)17-8-10-18(24)11-9-17/h8-16,20H,2-7H2,1H3. The third-order valence-electron chi connectivity index (χ3n) is 5.19. The van der Waals surface area contributed by atoms with E-state index in [1.807, 2.05) is 43.3 Å². The first-order valence-electron chi connectivity index (χ1n) is 9.98. The second kappa shape index (κ2) is 8.97. The van der Waals surface area contributed by atoms with Gasteiger partial charge >= 0.3 is 0 Å². The zero-order valence-electron chi connectivity index (χ0n) is 16.1. The van der Waals surface area contributed by atoms with Gasteiger partial charge in [-0.05, 0) is 61.7 Å². The minimum Gasteiger partial charge on any atom is -0.494 e. The van der Waals surface area contributed by atoms with Gasteiger partial charge in [-0.2, -0.15) is 0 Å². The number of rotatable bonds is 5. The first-order valence-corrected chi connectivity index (χ1v) is 11.2. The molecule has 4 rings (SSSR count). The Labute approximate surface area is 175 Å². The Kier molecular flexibility index (Phi) is 6.18. The summed E-state index contributed by atoms with van der Waals surface area (Å²) in [6.45, 7) is 2.67. The van der Waals surface area contributed by atoms with Crippen molar-refractivity contribution in [2.45, 2.75) is 45.1 Å². The molecule has 1 saturated carbocycles. The van der Waals surface area contributed by atoms with Gasteiger partial charge in [-0.25, -0.2) is 4.99 Å². The summed E-state index contributed by atoms with van der Waals surface area (Å²) in [5.74, 6) is 0.884. The van der Waals surface area contributed by atoms with Gasteiger partial charge in [-0.3, -0.25) is 0 Å². The van der Waals surface area contributed by atoms with E-state index >= 15 is 0 Å². The normalized spacial score (nSPS) is 15.7. The van der Waals surface area contributed by atoms with E-state index in [4.69, 9.17) is 21.3 Å². The highest BCUT2D eigenvalue weighted by Crippen LogP contribution is 2.33. The van der Waals surface area contributed by atoms with Gasteiger partial charge < -0.3 is 9.30 Å². The zero-order chi connectivity index (χ0) is 19.3. The third-order valence-corrected chi connectivity index (χ3v) is 6.29. The fourth-order valence-electron chi connectivity index (χ4n) is 3.82. The van der Waals surface area contributed by atoms with Crippen LogP contribution in [0.2, 0.25) is 5.02 Å². The number of hydrogen-bond acceptors (Lipinski definition) is 3. The van der Waals surface area contributed by atoms with Crippen LogP contribution in [0.1, 0.15) is 45.1 Å². The summed E-state index contributed by atoms with van der Waals surface area (Å²) in [5, 5.41) is 2.99.